The van der Waals surface area contributed by atoms with E-state index >= 15 is 0 Å². The number of aryl methyl sites for hydroxylation is 1. The van der Waals surface area contributed by atoms with E-state index in [9.17, 15) is 9.59 Å². The Kier molecular flexibility index (Phi) is 8.22. The molecule has 7 rings (SSSR count). The lowest BCUT2D eigenvalue weighted by molar-refractivity contribution is -0.111. The van der Waals surface area contributed by atoms with E-state index in [0.29, 0.717) is 52.0 Å². The van der Waals surface area contributed by atoms with Gasteiger partial charge in [-0.25, -0.2) is 19.6 Å². The molecular weight excluding hydrogens is 604 g/mol. The lowest BCUT2D eigenvalue weighted by Gasteiger charge is -2.17. The van der Waals surface area contributed by atoms with Crippen LogP contribution in [0.4, 0.5) is 11.5 Å². The fourth-order valence-corrected chi connectivity index (χ4v) is 5.98. The van der Waals surface area contributed by atoms with Gasteiger partial charge in [0, 0.05) is 36.9 Å². The number of nitrogens with zero attached hydrogens (tertiary/aromatic N) is 7. The van der Waals surface area contributed by atoms with Crippen molar-refractivity contribution in [3.05, 3.63) is 120 Å². The van der Waals surface area contributed by atoms with Gasteiger partial charge in [-0.1, -0.05) is 24.3 Å². The number of benzene rings is 2. The van der Waals surface area contributed by atoms with Crippen molar-refractivity contribution in [2.24, 2.45) is 0 Å². The SMILES string of the molecule is CN(C)C/C=C/C(=O)Nc1ccccc1C(=O)N[C@H]1CCc2cc(-n3c(-c4cccnc4N)nc4ccc(-n5cccn5)nc43)ccc21. The third kappa shape index (κ3) is 6.04. The zero-order valence-electron chi connectivity index (χ0n) is 26.5. The van der Waals surface area contributed by atoms with E-state index in [2.05, 4.69) is 26.8 Å². The Morgan fingerprint density at radius 1 is 1.02 bits per heavy atom. The number of imidazole rings is 1. The molecule has 1 aliphatic carbocycles. The molecular formula is C36H34N10O2. The van der Waals surface area contributed by atoms with Crippen molar-refractivity contribution in [2.45, 2.75) is 18.9 Å². The number of likely N-dealkylation sites (N-methyl/N-ethyl adjacent to an activating group) is 1. The van der Waals surface area contributed by atoms with Crippen LogP contribution in [0.25, 0.3) is 34.1 Å². The van der Waals surface area contributed by atoms with Gasteiger partial charge in [0.15, 0.2) is 17.3 Å². The van der Waals surface area contributed by atoms with Gasteiger partial charge < -0.3 is 21.3 Å². The fraction of sp³-hybridized carbons (Fsp3) is 0.167. The number of para-hydroxylation sites is 1. The highest BCUT2D eigenvalue weighted by Gasteiger charge is 2.27. The largest absolute Gasteiger partial charge is 0.383 e. The molecule has 48 heavy (non-hydrogen) atoms. The summed E-state index contributed by atoms with van der Waals surface area (Å²) in [7, 11) is 3.85. The molecule has 12 nitrogen and oxygen atoms in total. The molecule has 0 radical (unpaired) electrons. The second-order valence-electron chi connectivity index (χ2n) is 11.8. The molecule has 0 fully saturated rings. The second kappa shape index (κ2) is 12.9. The Hall–Kier alpha value is -6.14. The topological polar surface area (TPSA) is 149 Å². The number of anilines is 2. The van der Waals surface area contributed by atoms with E-state index in [-0.39, 0.29) is 17.9 Å². The van der Waals surface area contributed by atoms with Gasteiger partial charge in [-0.05, 0) is 92.7 Å². The summed E-state index contributed by atoms with van der Waals surface area (Å²) < 4.78 is 3.70. The first-order valence-corrected chi connectivity index (χ1v) is 15.6. The van der Waals surface area contributed by atoms with Crippen LogP contribution >= 0.6 is 0 Å². The van der Waals surface area contributed by atoms with Crippen LogP contribution in [-0.4, -0.2) is 66.7 Å². The normalized spacial score (nSPS) is 14.1. The number of aromatic nitrogens is 6. The van der Waals surface area contributed by atoms with Gasteiger partial charge >= 0.3 is 0 Å². The van der Waals surface area contributed by atoms with Crippen molar-refractivity contribution in [1.82, 2.24) is 39.5 Å². The van der Waals surface area contributed by atoms with E-state index in [4.69, 9.17) is 15.7 Å². The van der Waals surface area contributed by atoms with Crippen LogP contribution < -0.4 is 16.4 Å². The fourth-order valence-electron chi connectivity index (χ4n) is 5.98. The maximum atomic E-state index is 13.5. The zero-order valence-corrected chi connectivity index (χ0v) is 26.5. The van der Waals surface area contributed by atoms with E-state index in [1.165, 1.54) is 6.08 Å². The molecule has 4 N–H and O–H groups in total. The van der Waals surface area contributed by atoms with Crippen molar-refractivity contribution in [3.63, 3.8) is 0 Å². The maximum Gasteiger partial charge on any atom is 0.253 e. The number of pyridine rings is 2. The Labute approximate surface area is 277 Å². The van der Waals surface area contributed by atoms with Gasteiger partial charge in [0.2, 0.25) is 5.91 Å². The van der Waals surface area contributed by atoms with Crippen LogP contribution in [-0.2, 0) is 11.2 Å². The molecule has 0 spiro atoms. The maximum absolute atomic E-state index is 13.5. The molecule has 240 valence electrons. The van der Waals surface area contributed by atoms with Crippen molar-refractivity contribution >= 4 is 34.5 Å². The lowest BCUT2D eigenvalue weighted by atomic mass is 10.1. The first kappa shape index (κ1) is 30.5. The molecule has 0 bridgehead atoms. The number of carbonyl (C=O) groups is 2. The van der Waals surface area contributed by atoms with Crippen LogP contribution in [0.3, 0.4) is 0 Å². The number of amides is 2. The Morgan fingerprint density at radius 3 is 2.71 bits per heavy atom. The number of fused-ring (bicyclic) bond motifs is 2. The summed E-state index contributed by atoms with van der Waals surface area (Å²) in [5.41, 5.74) is 12.3. The molecule has 2 amide bonds. The predicted octanol–water partition coefficient (Wildman–Crippen LogP) is 4.72. The van der Waals surface area contributed by atoms with Gasteiger partial charge in [0.1, 0.15) is 11.3 Å². The van der Waals surface area contributed by atoms with Crippen LogP contribution in [0.1, 0.15) is 33.9 Å². The van der Waals surface area contributed by atoms with Crippen LogP contribution in [0.15, 0.2) is 104 Å². The number of hydrogen-bond donors (Lipinski definition) is 3. The summed E-state index contributed by atoms with van der Waals surface area (Å²) in [6.07, 6.45) is 9.96. The molecule has 0 aliphatic heterocycles. The van der Waals surface area contributed by atoms with E-state index in [1.807, 2.05) is 72.2 Å². The number of nitrogens with one attached hydrogen (secondary N) is 2. The van der Waals surface area contributed by atoms with Gasteiger partial charge in [0.25, 0.3) is 5.91 Å². The predicted molar refractivity (Wildman–Crippen MR) is 185 cm³/mol. The highest BCUT2D eigenvalue weighted by molar-refractivity contribution is 6.06. The van der Waals surface area contributed by atoms with Crippen LogP contribution in [0, 0.1) is 0 Å². The molecule has 0 saturated heterocycles. The van der Waals surface area contributed by atoms with E-state index < -0.39 is 0 Å². The number of rotatable bonds is 9. The number of hydrogen-bond acceptors (Lipinski definition) is 8. The van der Waals surface area contributed by atoms with Crippen molar-refractivity contribution in [3.8, 4) is 22.9 Å². The van der Waals surface area contributed by atoms with Crippen molar-refractivity contribution < 1.29 is 9.59 Å². The van der Waals surface area contributed by atoms with E-state index in [0.717, 1.165) is 29.7 Å². The first-order valence-electron chi connectivity index (χ1n) is 15.6. The minimum atomic E-state index is -0.290. The molecule has 1 aliphatic rings. The summed E-state index contributed by atoms with van der Waals surface area (Å²) in [6.45, 7) is 0.636. The molecule has 2 aromatic carbocycles. The summed E-state index contributed by atoms with van der Waals surface area (Å²) in [5.74, 6) is 1.10. The minimum Gasteiger partial charge on any atom is -0.383 e. The number of nitrogens with two attached hydrogens (primary N) is 1. The van der Waals surface area contributed by atoms with Gasteiger partial charge in [-0.3, -0.25) is 14.2 Å². The summed E-state index contributed by atoms with van der Waals surface area (Å²) in [4.78, 5) is 42.2. The highest BCUT2D eigenvalue weighted by Crippen LogP contribution is 2.36. The van der Waals surface area contributed by atoms with Crippen molar-refractivity contribution in [2.75, 3.05) is 31.7 Å². The summed E-state index contributed by atoms with van der Waals surface area (Å²) in [5, 5.41) is 10.4. The van der Waals surface area contributed by atoms with Crippen LogP contribution in [0.5, 0.6) is 0 Å². The van der Waals surface area contributed by atoms with E-state index in [1.54, 1.807) is 47.4 Å². The average molecular weight is 639 g/mol. The zero-order chi connectivity index (χ0) is 33.2. The Bertz CT molecular complexity index is 2170. The molecule has 12 heteroatoms. The number of nitrogen functional groups attached to an aromatic ring is 1. The third-order valence-electron chi connectivity index (χ3n) is 8.25. The Morgan fingerprint density at radius 2 is 1.90 bits per heavy atom. The smallest absolute Gasteiger partial charge is 0.253 e. The summed E-state index contributed by atoms with van der Waals surface area (Å²) in [6, 6.07) is 22.4. The molecule has 1 atom stereocenters. The molecule has 0 saturated carbocycles. The third-order valence-corrected chi connectivity index (χ3v) is 8.25. The first-order chi connectivity index (χ1) is 23.4. The second-order valence-corrected chi connectivity index (χ2v) is 11.8. The summed E-state index contributed by atoms with van der Waals surface area (Å²) >= 11 is 0. The lowest BCUT2D eigenvalue weighted by Crippen LogP contribution is -2.28. The van der Waals surface area contributed by atoms with Crippen LogP contribution in [0.2, 0.25) is 0 Å². The molecule has 4 heterocycles. The Balaban J connectivity index is 1.19. The quantitative estimate of drug-likeness (QED) is 0.193. The highest BCUT2D eigenvalue weighted by atomic mass is 16.2. The van der Waals surface area contributed by atoms with Gasteiger partial charge in [0.05, 0.1) is 22.9 Å². The minimum absolute atomic E-state index is 0.192. The monoisotopic (exact) mass is 638 g/mol. The molecule has 0 unspecified atom stereocenters. The molecule has 6 aromatic rings. The van der Waals surface area contributed by atoms with Crippen molar-refractivity contribution in [1.29, 1.82) is 0 Å². The van der Waals surface area contributed by atoms with Gasteiger partial charge in [-0.2, -0.15) is 5.10 Å². The van der Waals surface area contributed by atoms with Gasteiger partial charge in [-0.15, -0.1) is 0 Å². The molecule has 4 aromatic heterocycles. The average Bonchev–Trinajstić information content (AvgIpc) is 3.84. The standard InChI is InChI=1S/C36H34N10O2/c1-44(2)20-6-11-32(47)40-28-10-4-3-8-26(28)36(48)42-29-15-12-23-22-24(13-14-25(23)29)46-34(27-9-5-18-38-33(27)37)41-30-16-17-31(43-35(30)46)45-21-7-19-39-45/h3-11,13-14,16-19,21-22,29H,12,15,20H2,1-2H3,(H2,37,38)(H,40,47)(H,42,48)/b11-6+/t29-/m0/s1. The number of carbonyl (C=O) groups excluding carboxylic acids is 2.